The van der Waals surface area contributed by atoms with Crippen LogP contribution < -0.4 is 5.32 Å². The summed E-state index contributed by atoms with van der Waals surface area (Å²) >= 11 is 6.34. The fraction of sp³-hybridized carbons (Fsp3) is 0.421. The van der Waals surface area contributed by atoms with Crippen LogP contribution in [0, 0.1) is 5.82 Å². The average molecular weight is 364 g/mol. The van der Waals surface area contributed by atoms with Gasteiger partial charge in [-0.15, -0.1) is 0 Å². The van der Waals surface area contributed by atoms with Crippen LogP contribution in [0.4, 0.5) is 4.39 Å². The van der Waals surface area contributed by atoms with Crippen molar-refractivity contribution >= 4 is 11.6 Å². The second-order valence-corrected chi connectivity index (χ2v) is 6.73. The number of nitrogens with one attached hydrogen (secondary N) is 1. The summed E-state index contributed by atoms with van der Waals surface area (Å²) in [5, 5.41) is 3.88. The Morgan fingerprint density at radius 2 is 2.28 bits per heavy atom. The standard InChI is InChI=1S/C19H23ClFN3O/c1-14-13-24(8-9-25-14)18(19-16(20)5-2-6-17(19)21)12-23-11-15-4-3-7-22-10-15/h2-7,10,14,18,23H,8-9,11-13H2,1H3. The highest BCUT2D eigenvalue weighted by Crippen LogP contribution is 2.31. The van der Waals surface area contributed by atoms with E-state index in [4.69, 9.17) is 16.3 Å². The molecule has 4 nitrogen and oxygen atoms in total. The van der Waals surface area contributed by atoms with Gasteiger partial charge in [-0.25, -0.2) is 4.39 Å². The molecule has 1 aliphatic heterocycles. The zero-order chi connectivity index (χ0) is 17.6. The molecule has 0 aliphatic carbocycles. The topological polar surface area (TPSA) is 37.4 Å². The monoisotopic (exact) mass is 363 g/mol. The van der Waals surface area contributed by atoms with Gasteiger partial charge < -0.3 is 10.1 Å². The van der Waals surface area contributed by atoms with Crippen LogP contribution in [0.2, 0.25) is 5.02 Å². The Morgan fingerprint density at radius 3 is 3.00 bits per heavy atom. The van der Waals surface area contributed by atoms with Gasteiger partial charge in [0.05, 0.1) is 18.8 Å². The first kappa shape index (κ1) is 18.3. The van der Waals surface area contributed by atoms with Crippen molar-refractivity contribution < 1.29 is 9.13 Å². The molecule has 1 aromatic heterocycles. The van der Waals surface area contributed by atoms with E-state index < -0.39 is 0 Å². The number of ether oxygens (including phenoxy) is 1. The van der Waals surface area contributed by atoms with Gasteiger partial charge in [0, 0.05) is 49.2 Å². The molecule has 2 aromatic rings. The molecule has 0 spiro atoms. The van der Waals surface area contributed by atoms with E-state index in [2.05, 4.69) is 15.2 Å². The Morgan fingerprint density at radius 1 is 1.40 bits per heavy atom. The highest BCUT2D eigenvalue weighted by atomic mass is 35.5. The zero-order valence-electron chi connectivity index (χ0n) is 14.3. The molecule has 0 radical (unpaired) electrons. The zero-order valence-corrected chi connectivity index (χ0v) is 15.0. The molecule has 1 aliphatic rings. The lowest BCUT2D eigenvalue weighted by Gasteiger charge is -2.38. The summed E-state index contributed by atoms with van der Waals surface area (Å²) in [6.45, 7) is 5.47. The molecule has 134 valence electrons. The molecular formula is C19H23ClFN3O. The first-order valence-electron chi connectivity index (χ1n) is 8.54. The summed E-state index contributed by atoms with van der Waals surface area (Å²) in [5.41, 5.74) is 1.65. The van der Waals surface area contributed by atoms with Crippen molar-refractivity contribution in [3.05, 3.63) is 64.7 Å². The van der Waals surface area contributed by atoms with E-state index >= 15 is 0 Å². The normalized spacial score (nSPS) is 19.7. The second-order valence-electron chi connectivity index (χ2n) is 6.32. The van der Waals surface area contributed by atoms with E-state index in [-0.39, 0.29) is 18.0 Å². The molecule has 2 atom stereocenters. The largest absolute Gasteiger partial charge is 0.376 e. The van der Waals surface area contributed by atoms with Crippen LogP contribution in [0.15, 0.2) is 42.7 Å². The fourth-order valence-electron chi connectivity index (χ4n) is 3.23. The van der Waals surface area contributed by atoms with Crippen LogP contribution in [0.1, 0.15) is 24.1 Å². The summed E-state index contributed by atoms with van der Waals surface area (Å²) in [6, 6.07) is 8.64. The molecule has 3 rings (SSSR count). The summed E-state index contributed by atoms with van der Waals surface area (Å²) < 4.78 is 20.2. The summed E-state index contributed by atoms with van der Waals surface area (Å²) in [7, 11) is 0. The average Bonchev–Trinajstić information content (AvgIpc) is 2.61. The van der Waals surface area contributed by atoms with Gasteiger partial charge in [-0.2, -0.15) is 0 Å². The third-order valence-electron chi connectivity index (χ3n) is 4.44. The van der Waals surface area contributed by atoms with E-state index in [9.17, 15) is 4.39 Å². The summed E-state index contributed by atoms with van der Waals surface area (Å²) in [4.78, 5) is 6.37. The lowest BCUT2D eigenvalue weighted by Crippen LogP contribution is -2.46. The maximum absolute atomic E-state index is 14.5. The van der Waals surface area contributed by atoms with E-state index in [0.717, 1.165) is 18.7 Å². The lowest BCUT2D eigenvalue weighted by atomic mass is 10.0. The minimum Gasteiger partial charge on any atom is -0.376 e. The quantitative estimate of drug-likeness (QED) is 0.853. The fourth-order valence-corrected chi connectivity index (χ4v) is 3.52. The van der Waals surface area contributed by atoms with Crippen molar-refractivity contribution in [2.45, 2.75) is 25.6 Å². The Hall–Kier alpha value is -1.53. The Kier molecular flexibility index (Phi) is 6.37. The van der Waals surface area contributed by atoms with E-state index in [0.29, 0.717) is 30.3 Å². The first-order valence-corrected chi connectivity index (χ1v) is 8.92. The Balaban J connectivity index is 1.76. The molecule has 6 heteroatoms. The molecule has 0 saturated carbocycles. The summed E-state index contributed by atoms with van der Waals surface area (Å²) in [6.07, 6.45) is 3.70. The van der Waals surface area contributed by atoms with Crippen molar-refractivity contribution in [2.24, 2.45) is 0 Å². The molecule has 2 heterocycles. The number of hydrogen-bond donors (Lipinski definition) is 1. The minimum atomic E-state index is -0.264. The Labute approximate surface area is 153 Å². The molecule has 2 unspecified atom stereocenters. The predicted molar refractivity (Wildman–Crippen MR) is 97.1 cm³/mol. The van der Waals surface area contributed by atoms with Gasteiger partial charge in [-0.1, -0.05) is 23.7 Å². The van der Waals surface area contributed by atoms with Crippen LogP contribution in [0.25, 0.3) is 0 Å². The third-order valence-corrected chi connectivity index (χ3v) is 4.77. The second kappa shape index (κ2) is 8.72. The number of benzene rings is 1. The van der Waals surface area contributed by atoms with Crippen LogP contribution >= 0.6 is 11.6 Å². The van der Waals surface area contributed by atoms with E-state index in [1.807, 2.05) is 25.3 Å². The highest BCUT2D eigenvalue weighted by molar-refractivity contribution is 6.31. The molecule has 1 N–H and O–H groups in total. The van der Waals surface area contributed by atoms with Crippen molar-refractivity contribution in [3.8, 4) is 0 Å². The van der Waals surface area contributed by atoms with Crippen molar-refractivity contribution in [3.63, 3.8) is 0 Å². The number of morpholine rings is 1. The number of rotatable bonds is 6. The molecule has 1 aromatic carbocycles. The van der Waals surface area contributed by atoms with E-state index in [1.165, 1.54) is 6.07 Å². The van der Waals surface area contributed by atoms with Gasteiger partial charge in [-0.3, -0.25) is 9.88 Å². The van der Waals surface area contributed by atoms with Crippen molar-refractivity contribution in [1.82, 2.24) is 15.2 Å². The molecule has 25 heavy (non-hydrogen) atoms. The third kappa shape index (κ3) is 4.76. The smallest absolute Gasteiger partial charge is 0.129 e. The number of pyridine rings is 1. The van der Waals surface area contributed by atoms with Crippen LogP contribution in [0.3, 0.4) is 0 Å². The highest BCUT2D eigenvalue weighted by Gasteiger charge is 2.28. The SMILES string of the molecule is CC1CN(C(CNCc2cccnc2)c2c(F)cccc2Cl)CCO1. The van der Waals surface area contributed by atoms with Gasteiger partial charge in [0.15, 0.2) is 0 Å². The van der Waals surface area contributed by atoms with Crippen LogP contribution in [-0.2, 0) is 11.3 Å². The number of hydrogen-bond acceptors (Lipinski definition) is 4. The molecule has 1 fully saturated rings. The van der Waals surface area contributed by atoms with Gasteiger partial charge in [0.2, 0.25) is 0 Å². The molecule has 0 bridgehead atoms. The van der Waals surface area contributed by atoms with Gasteiger partial charge in [0.1, 0.15) is 5.82 Å². The van der Waals surface area contributed by atoms with Crippen molar-refractivity contribution in [1.29, 1.82) is 0 Å². The summed E-state index contributed by atoms with van der Waals surface area (Å²) in [5.74, 6) is -0.264. The molecule has 0 amide bonds. The van der Waals surface area contributed by atoms with Gasteiger partial charge >= 0.3 is 0 Å². The predicted octanol–water partition coefficient (Wildman–Crippen LogP) is 3.43. The minimum absolute atomic E-state index is 0.125. The number of nitrogens with zero attached hydrogens (tertiary/aromatic N) is 2. The lowest BCUT2D eigenvalue weighted by molar-refractivity contribution is -0.0349. The van der Waals surface area contributed by atoms with Gasteiger partial charge in [-0.05, 0) is 30.7 Å². The van der Waals surface area contributed by atoms with Crippen molar-refractivity contribution in [2.75, 3.05) is 26.2 Å². The van der Waals surface area contributed by atoms with Crippen LogP contribution in [0.5, 0.6) is 0 Å². The molecule has 1 saturated heterocycles. The molecular weight excluding hydrogens is 341 g/mol. The maximum atomic E-state index is 14.5. The first-order chi connectivity index (χ1) is 12.1. The van der Waals surface area contributed by atoms with Gasteiger partial charge in [0.25, 0.3) is 0 Å². The number of aromatic nitrogens is 1. The number of halogens is 2. The van der Waals surface area contributed by atoms with E-state index in [1.54, 1.807) is 18.3 Å². The van der Waals surface area contributed by atoms with Crippen LogP contribution in [-0.4, -0.2) is 42.2 Å². The Bertz CT molecular complexity index is 665. The maximum Gasteiger partial charge on any atom is 0.129 e.